The largest absolute Gasteiger partial charge is 0.354 e. The number of benzene rings is 1. The molecule has 2 heterocycles. The van der Waals surface area contributed by atoms with Crippen molar-refractivity contribution < 1.29 is 9.59 Å². The van der Waals surface area contributed by atoms with Crippen molar-refractivity contribution in [3.63, 3.8) is 0 Å². The maximum Gasteiger partial charge on any atom is 0.274 e. The third kappa shape index (κ3) is 2.95. The summed E-state index contributed by atoms with van der Waals surface area (Å²) in [5.41, 5.74) is 1.23. The molecule has 1 unspecified atom stereocenters. The topological polar surface area (TPSA) is 75.2 Å². The highest BCUT2D eigenvalue weighted by Gasteiger charge is 2.30. The first-order valence-corrected chi connectivity index (χ1v) is 7.14. The van der Waals surface area contributed by atoms with Crippen molar-refractivity contribution in [1.29, 1.82) is 0 Å². The van der Waals surface area contributed by atoms with E-state index < -0.39 is 0 Å². The molecule has 0 radical (unpaired) electrons. The minimum atomic E-state index is -0.293. The third-order valence-corrected chi connectivity index (χ3v) is 3.66. The highest BCUT2D eigenvalue weighted by Crippen LogP contribution is 2.26. The molecule has 0 bridgehead atoms. The summed E-state index contributed by atoms with van der Waals surface area (Å²) in [6, 6.07) is 9.29. The van der Waals surface area contributed by atoms with Gasteiger partial charge < -0.3 is 10.2 Å². The third-order valence-electron chi connectivity index (χ3n) is 3.66. The Kier molecular flexibility index (Phi) is 4.09. The van der Waals surface area contributed by atoms with E-state index in [0.29, 0.717) is 13.1 Å². The van der Waals surface area contributed by atoms with Crippen LogP contribution < -0.4 is 5.32 Å². The van der Waals surface area contributed by atoms with Crippen LogP contribution in [-0.4, -0.2) is 39.8 Å². The highest BCUT2D eigenvalue weighted by molar-refractivity contribution is 5.93. The smallest absolute Gasteiger partial charge is 0.274 e. The van der Waals surface area contributed by atoms with Crippen LogP contribution in [0.1, 0.15) is 28.5 Å². The number of carbonyl (C=O) groups is 2. The Balaban J connectivity index is 1.95. The standard InChI is InChI=1S/C16H16N4O2/c21-15-10-14(12-4-2-1-3-5-12)20(9-8-19-15)16(22)13-11-17-6-7-18-13/h1-7,11,14H,8-10H2,(H,19,21). The molecule has 1 aromatic carbocycles. The second kappa shape index (κ2) is 6.34. The summed E-state index contributed by atoms with van der Waals surface area (Å²) < 4.78 is 0. The van der Waals surface area contributed by atoms with E-state index in [1.807, 2.05) is 30.3 Å². The fourth-order valence-electron chi connectivity index (χ4n) is 2.60. The second-order valence-electron chi connectivity index (χ2n) is 5.07. The molecule has 0 aliphatic carbocycles. The first kappa shape index (κ1) is 14.2. The number of carbonyl (C=O) groups excluding carboxylic acids is 2. The van der Waals surface area contributed by atoms with E-state index in [4.69, 9.17) is 0 Å². The number of aromatic nitrogens is 2. The zero-order valence-corrected chi connectivity index (χ0v) is 12.0. The predicted molar refractivity (Wildman–Crippen MR) is 79.9 cm³/mol. The van der Waals surface area contributed by atoms with Crippen LogP contribution >= 0.6 is 0 Å². The van der Waals surface area contributed by atoms with E-state index in [-0.39, 0.29) is 30.0 Å². The van der Waals surface area contributed by atoms with Crippen molar-refractivity contribution in [3.8, 4) is 0 Å². The average molecular weight is 296 g/mol. The summed E-state index contributed by atoms with van der Waals surface area (Å²) in [4.78, 5) is 34.3. The summed E-state index contributed by atoms with van der Waals surface area (Å²) in [6.45, 7) is 0.884. The first-order valence-electron chi connectivity index (χ1n) is 7.14. The van der Waals surface area contributed by atoms with Gasteiger partial charge in [0.05, 0.1) is 18.7 Å². The van der Waals surface area contributed by atoms with Crippen LogP contribution in [0.5, 0.6) is 0 Å². The molecule has 2 amide bonds. The van der Waals surface area contributed by atoms with Crippen LogP contribution in [0.4, 0.5) is 0 Å². The van der Waals surface area contributed by atoms with Gasteiger partial charge in [-0.2, -0.15) is 0 Å². The number of nitrogens with one attached hydrogen (secondary N) is 1. The lowest BCUT2D eigenvalue weighted by Gasteiger charge is -2.29. The molecule has 0 spiro atoms. The number of hydrogen-bond acceptors (Lipinski definition) is 4. The van der Waals surface area contributed by atoms with Crippen molar-refractivity contribution in [2.75, 3.05) is 13.1 Å². The van der Waals surface area contributed by atoms with Gasteiger partial charge in [0.1, 0.15) is 5.69 Å². The van der Waals surface area contributed by atoms with Gasteiger partial charge in [-0.05, 0) is 5.56 Å². The molecule has 3 rings (SSSR count). The Bertz CT molecular complexity index is 660. The van der Waals surface area contributed by atoms with Crippen LogP contribution in [0.25, 0.3) is 0 Å². The molecule has 1 aliphatic rings. The SMILES string of the molecule is O=C1CC(c2ccccc2)N(C(=O)c2cnccn2)CCN1. The number of nitrogens with zero attached hydrogens (tertiary/aromatic N) is 3. The normalized spacial score (nSPS) is 18.5. The van der Waals surface area contributed by atoms with Crippen molar-refractivity contribution >= 4 is 11.8 Å². The zero-order valence-electron chi connectivity index (χ0n) is 12.0. The highest BCUT2D eigenvalue weighted by atomic mass is 16.2. The predicted octanol–water partition coefficient (Wildman–Crippen LogP) is 1.18. The summed E-state index contributed by atoms with van der Waals surface area (Å²) in [7, 11) is 0. The van der Waals surface area contributed by atoms with Gasteiger partial charge in [0.15, 0.2) is 0 Å². The van der Waals surface area contributed by atoms with Crippen LogP contribution in [0.3, 0.4) is 0 Å². The molecule has 1 saturated heterocycles. The van der Waals surface area contributed by atoms with Gasteiger partial charge in [0.25, 0.3) is 5.91 Å². The summed E-state index contributed by atoms with van der Waals surface area (Å²) >= 11 is 0. The molecule has 1 aliphatic heterocycles. The van der Waals surface area contributed by atoms with Crippen LogP contribution in [0.15, 0.2) is 48.9 Å². The van der Waals surface area contributed by atoms with E-state index in [2.05, 4.69) is 15.3 Å². The first-order chi connectivity index (χ1) is 10.8. The molecule has 0 saturated carbocycles. The minimum Gasteiger partial charge on any atom is -0.354 e. The monoisotopic (exact) mass is 296 g/mol. The lowest BCUT2D eigenvalue weighted by atomic mass is 10.0. The van der Waals surface area contributed by atoms with Gasteiger partial charge in [-0.1, -0.05) is 30.3 Å². The molecule has 22 heavy (non-hydrogen) atoms. The van der Waals surface area contributed by atoms with Gasteiger partial charge in [-0.3, -0.25) is 14.6 Å². The van der Waals surface area contributed by atoms with Crippen molar-refractivity contribution in [2.24, 2.45) is 0 Å². The van der Waals surface area contributed by atoms with E-state index in [9.17, 15) is 9.59 Å². The molecule has 1 atom stereocenters. The molecule has 6 heteroatoms. The zero-order chi connectivity index (χ0) is 15.4. The molecular weight excluding hydrogens is 280 g/mol. The van der Waals surface area contributed by atoms with E-state index in [1.54, 1.807) is 4.90 Å². The summed E-state index contributed by atoms with van der Waals surface area (Å²) in [5, 5.41) is 2.81. The molecular formula is C16H16N4O2. The Morgan fingerprint density at radius 3 is 2.77 bits per heavy atom. The van der Waals surface area contributed by atoms with E-state index in [0.717, 1.165) is 5.56 Å². The van der Waals surface area contributed by atoms with Crippen molar-refractivity contribution in [2.45, 2.75) is 12.5 Å². The quantitative estimate of drug-likeness (QED) is 0.903. The lowest BCUT2D eigenvalue weighted by molar-refractivity contribution is -0.121. The molecule has 1 fully saturated rings. The Labute approximate surface area is 128 Å². The number of hydrogen-bond donors (Lipinski definition) is 1. The number of rotatable bonds is 2. The molecule has 112 valence electrons. The minimum absolute atomic E-state index is 0.0525. The van der Waals surface area contributed by atoms with Crippen LogP contribution in [-0.2, 0) is 4.79 Å². The maximum absolute atomic E-state index is 12.7. The van der Waals surface area contributed by atoms with Gasteiger partial charge in [-0.15, -0.1) is 0 Å². The van der Waals surface area contributed by atoms with E-state index >= 15 is 0 Å². The molecule has 6 nitrogen and oxygen atoms in total. The van der Waals surface area contributed by atoms with Crippen LogP contribution in [0.2, 0.25) is 0 Å². The Hall–Kier alpha value is -2.76. The maximum atomic E-state index is 12.7. The Morgan fingerprint density at radius 1 is 1.23 bits per heavy atom. The second-order valence-corrected chi connectivity index (χ2v) is 5.07. The number of amides is 2. The van der Waals surface area contributed by atoms with E-state index in [1.165, 1.54) is 18.6 Å². The van der Waals surface area contributed by atoms with Crippen molar-refractivity contribution in [1.82, 2.24) is 20.2 Å². The summed E-state index contributed by atoms with van der Waals surface area (Å²) in [6.07, 6.45) is 4.71. The fraction of sp³-hybridized carbons (Fsp3) is 0.250. The van der Waals surface area contributed by atoms with Gasteiger partial charge in [0, 0.05) is 25.5 Å². The van der Waals surface area contributed by atoms with Crippen LogP contribution in [0, 0.1) is 0 Å². The van der Waals surface area contributed by atoms with Gasteiger partial charge >= 0.3 is 0 Å². The lowest BCUT2D eigenvalue weighted by Crippen LogP contribution is -2.37. The fourth-order valence-corrected chi connectivity index (χ4v) is 2.60. The van der Waals surface area contributed by atoms with Crippen molar-refractivity contribution in [3.05, 3.63) is 60.2 Å². The molecule has 1 aromatic heterocycles. The van der Waals surface area contributed by atoms with Gasteiger partial charge in [0.2, 0.25) is 5.91 Å². The molecule has 1 N–H and O–H groups in total. The molecule has 2 aromatic rings. The summed E-state index contributed by atoms with van der Waals surface area (Å²) in [5.74, 6) is -0.262. The average Bonchev–Trinajstić information content (AvgIpc) is 2.77. The van der Waals surface area contributed by atoms with Gasteiger partial charge in [-0.25, -0.2) is 4.98 Å². The Morgan fingerprint density at radius 2 is 2.05 bits per heavy atom.